The smallest absolute Gasteiger partial charge is 0.291 e. The Kier molecular flexibility index (Phi) is 14.1. The summed E-state index contributed by atoms with van der Waals surface area (Å²) in [4.78, 5) is 12.3. The Bertz CT molecular complexity index is 1160. The van der Waals surface area contributed by atoms with Crippen molar-refractivity contribution in [3.8, 4) is 0 Å². The molecule has 4 rings (SSSR count). The average Bonchev–Trinajstić information content (AvgIpc) is 3.04. The summed E-state index contributed by atoms with van der Waals surface area (Å²) in [5, 5.41) is 12.6. The summed E-state index contributed by atoms with van der Waals surface area (Å²) in [7, 11) is 0. The Balaban J connectivity index is 1.52. The van der Waals surface area contributed by atoms with Gasteiger partial charge in [0.1, 0.15) is 12.2 Å². The van der Waals surface area contributed by atoms with E-state index >= 15 is 0 Å². The van der Waals surface area contributed by atoms with Gasteiger partial charge in [-0.05, 0) is 23.1 Å². The molecule has 0 aromatic heterocycles. The normalized spacial score (nSPS) is 21.9. The maximum atomic E-state index is 12.6. The molecule has 0 N–H and O–H groups in total. The van der Waals surface area contributed by atoms with Crippen molar-refractivity contribution in [3.63, 3.8) is 0 Å². The highest BCUT2D eigenvalue weighted by atomic mass is 16.7. The van der Waals surface area contributed by atoms with Crippen molar-refractivity contribution >= 4 is 0 Å². The van der Waals surface area contributed by atoms with Gasteiger partial charge in [0.05, 0.1) is 33.0 Å². The lowest BCUT2D eigenvalue weighted by molar-refractivity contribution is -0.577. The zero-order valence-electron chi connectivity index (χ0n) is 25.1. The van der Waals surface area contributed by atoms with E-state index in [4.69, 9.17) is 23.7 Å². The quantitative estimate of drug-likeness (QED) is 0.0833. The van der Waals surface area contributed by atoms with Crippen LogP contribution in [-0.2, 0) is 43.5 Å². The third-order valence-electron chi connectivity index (χ3n) is 7.60. The summed E-state index contributed by atoms with van der Waals surface area (Å²) < 4.78 is 31.3. The zero-order chi connectivity index (χ0) is 30.1. The zero-order valence-corrected chi connectivity index (χ0v) is 25.1. The SMILES string of the molecule is CCCCCCCCO[C@H]1O[C@H](COCc2ccccc2)[C@H](OCc2ccccc2)[C@H](OCc2ccccc2)[C@H]1[N+](=O)[O-]. The molecule has 1 aliphatic rings. The van der Waals surface area contributed by atoms with Crippen LogP contribution in [0.15, 0.2) is 91.0 Å². The van der Waals surface area contributed by atoms with E-state index in [1.165, 1.54) is 19.3 Å². The minimum Gasteiger partial charge on any atom is -0.374 e. The first-order valence-corrected chi connectivity index (χ1v) is 15.5. The van der Waals surface area contributed by atoms with Gasteiger partial charge in [0.15, 0.2) is 6.10 Å². The van der Waals surface area contributed by atoms with Crippen LogP contribution >= 0.6 is 0 Å². The van der Waals surface area contributed by atoms with E-state index in [1.807, 2.05) is 91.0 Å². The number of nitro groups is 1. The molecule has 0 saturated carbocycles. The summed E-state index contributed by atoms with van der Waals surface area (Å²) >= 11 is 0. The molecule has 1 heterocycles. The molecule has 0 radical (unpaired) electrons. The number of hydrogen-bond acceptors (Lipinski definition) is 7. The van der Waals surface area contributed by atoms with Gasteiger partial charge in [0, 0.05) is 4.92 Å². The highest BCUT2D eigenvalue weighted by molar-refractivity contribution is 5.15. The van der Waals surface area contributed by atoms with E-state index in [9.17, 15) is 10.1 Å². The highest BCUT2D eigenvalue weighted by Crippen LogP contribution is 2.31. The molecule has 8 heteroatoms. The van der Waals surface area contributed by atoms with E-state index < -0.39 is 30.6 Å². The van der Waals surface area contributed by atoms with E-state index in [-0.39, 0.29) is 24.7 Å². The van der Waals surface area contributed by atoms with Crippen LogP contribution in [0.3, 0.4) is 0 Å². The van der Waals surface area contributed by atoms with Gasteiger partial charge in [-0.1, -0.05) is 130 Å². The molecular formula is C35H45NO7. The fraction of sp³-hybridized carbons (Fsp3) is 0.486. The number of unbranched alkanes of at least 4 members (excludes halogenated alkanes) is 5. The molecule has 1 fully saturated rings. The molecule has 43 heavy (non-hydrogen) atoms. The Morgan fingerprint density at radius 2 is 1.19 bits per heavy atom. The van der Waals surface area contributed by atoms with Crippen LogP contribution in [0.25, 0.3) is 0 Å². The van der Waals surface area contributed by atoms with Crippen molar-refractivity contribution in [2.45, 2.75) is 95.9 Å². The van der Waals surface area contributed by atoms with Crippen molar-refractivity contribution in [1.29, 1.82) is 0 Å². The summed E-state index contributed by atoms with van der Waals surface area (Å²) in [6.07, 6.45) is 3.11. The highest BCUT2D eigenvalue weighted by Gasteiger charge is 2.54. The second kappa shape index (κ2) is 18.5. The lowest BCUT2D eigenvalue weighted by Crippen LogP contribution is -2.63. The molecule has 1 aliphatic heterocycles. The van der Waals surface area contributed by atoms with Crippen molar-refractivity contribution in [3.05, 3.63) is 118 Å². The van der Waals surface area contributed by atoms with Crippen molar-refractivity contribution in [2.75, 3.05) is 13.2 Å². The van der Waals surface area contributed by atoms with Gasteiger partial charge in [-0.2, -0.15) is 0 Å². The Labute approximate surface area is 255 Å². The second-order valence-corrected chi connectivity index (χ2v) is 11.0. The van der Waals surface area contributed by atoms with E-state index in [1.54, 1.807) is 0 Å². The average molecular weight is 592 g/mol. The molecule has 0 amide bonds. The molecular weight excluding hydrogens is 546 g/mol. The molecule has 5 atom stereocenters. The summed E-state index contributed by atoms with van der Waals surface area (Å²) in [5.74, 6) is 0. The van der Waals surface area contributed by atoms with E-state index in [2.05, 4.69) is 6.92 Å². The largest absolute Gasteiger partial charge is 0.374 e. The van der Waals surface area contributed by atoms with Gasteiger partial charge in [0.25, 0.3) is 6.04 Å². The summed E-state index contributed by atoms with van der Waals surface area (Å²) in [5.41, 5.74) is 2.89. The predicted molar refractivity (Wildman–Crippen MR) is 165 cm³/mol. The maximum absolute atomic E-state index is 12.6. The van der Waals surface area contributed by atoms with E-state index in [0.29, 0.717) is 13.2 Å². The minimum absolute atomic E-state index is 0.168. The van der Waals surface area contributed by atoms with Gasteiger partial charge in [0.2, 0.25) is 6.29 Å². The molecule has 0 spiro atoms. The first-order chi connectivity index (χ1) is 21.2. The van der Waals surface area contributed by atoms with Crippen LogP contribution in [0.1, 0.15) is 62.1 Å². The molecule has 0 aliphatic carbocycles. The monoisotopic (exact) mass is 591 g/mol. The van der Waals surface area contributed by atoms with Gasteiger partial charge >= 0.3 is 0 Å². The summed E-state index contributed by atoms with van der Waals surface area (Å²) in [6.45, 7) is 3.56. The molecule has 8 nitrogen and oxygen atoms in total. The van der Waals surface area contributed by atoms with Crippen LogP contribution in [0.5, 0.6) is 0 Å². The van der Waals surface area contributed by atoms with Gasteiger partial charge in [-0.3, -0.25) is 10.1 Å². The second-order valence-electron chi connectivity index (χ2n) is 11.0. The standard InChI is InChI=1S/C35H45NO7/c1-2-3-4-5-6-16-23-40-35-32(36(37)38)34(42-26-30-21-14-9-15-22-30)33(41-25-29-19-12-8-13-20-29)31(43-35)27-39-24-28-17-10-7-11-18-28/h7-15,17-22,31-35H,2-6,16,23-27H2,1H3/t31-,32-,33+,34-,35+/m1/s1. The van der Waals surface area contributed by atoms with Gasteiger partial charge < -0.3 is 23.7 Å². The van der Waals surface area contributed by atoms with Crippen molar-refractivity contribution in [1.82, 2.24) is 0 Å². The Hall–Kier alpha value is -3.14. The maximum Gasteiger partial charge on any atom is 0.291 e. The molecule has 232 valence electrons. The predicted octanol–water partition coefficient (Wildman–Crippen LogP) is 7.12. The lowest BCUT2D eigenvalue weighted by Gasteiger charge is -2.42. The van der Waals surface area contributed by atoms with Crippen LogP contribution in [0.2, 0.25) is 0 Å². The van der Waals surface area contributed by atoms with Crippen LogP contribution in [0.4, 0.5) is 0 Å². The van der Waals surface area contributed by atoms with Crippen molar-refractivity contribution in [2.24, 2.45) is 0 Å². The topological polar surface area (TPSA) is 89.3 Å². The van der Waals surface area contributed by atoms with E-state index in [0.717, 1.165) is 36.0 Å². The molecule has 0 bridgehead atoms. The third-order valence-corrected chi connectivity index (χ3v) is 7.60. The van der Waals surface area contributed by atoms with Gasteiger partial charge in [-0.25, -0.2) is 0 Å². The third kappa shape index (κ3) is 10.8. The van der Waals surface area contributed by atoms with Gasteiger partial charge in [-0.15, -0.1) is 0 Å². The number of benzene rings is 3. The molecule has 1 saturated heterocycles. The Morgan fingerprint density at radius 1 is 0.674 bits per heavy atom. The molecule has 3 aromatic rings. The minimum atomic E-state index is -1.27. The number of ether oxygens (including phenoxy) is 5. The number of nitrogens with zero attached hydrogens (tertiary/aromatic N) is 1. The number of rotatable bonds is 19. The summed E-state index contributed by atoms with van der Waals surface area (Å²) in [6, 6.07) is 28.0. The Morgan fingerprint density at radius 3 is 1.74 bits per heavy atom. The molecule has 0 unspecified atom stereocenters. The van der Waals surface area contributed by atoms with Crippen LogP contribution in [0, 0.1) is 10.1 Å². The first-order valence-electron chi connectivity index (χ1n) is 15.5. The van der Waals surface area contributed by atoms with Crippen molar-refractivity contribution < 1.29 is 28.6 Å². The fourth-order valence-electron chi connectivity index (χ4n) is 5.26. The van der Waals surface area contributed by atoms with Crippen LogP contribution in [-0.4, -0.2) is 48.8 Å². The fourth-order valence-corrected chi connectivity index (χ4v) is 5.26. The number of hydrogen-bond donors (Lipinski definition) is 0. The lowest BCUT2D eigenvalue weighted by atomic mass is 9.96. The first kappa shape index (κ1) is 32.8. The van der Waals surface area contributed by atoms with Crippen LogP contribution < -0.4 is 0 Å². The molecule has 3 aromatic carbocycles.